The first kappa shape index (κ1) is 13.5. The molecule has 1 atom stereocenters. The highest BCUT2D eigenvalue weighted by atomic mass is 16.5. The van der Waals surface area contributed by atoms with Gasteiger partial charge in [-0.1, -0.05) is 0 Å². The summed E-state index contributed by atoms with van der Waals surface area (Å²) in [5.74, 6) is -0.0294. The second-order valence-corrected chi connectivity index (χ2v) is 3.81. The first-order valence-electron chi connectivity index (χ1n) is 5.45. The minimum atomic E-state index is -0.172. The number of amides is 1. The zero-order valence-corrected chi connectivity index (χ0v) is 9.85. The number of aromatic hydroxyl groups is 1. The lowest BCUT2D eigenvalue weighted by Crippen LogP contribution is -2.32. The maximum Gasteiger partial charge on any atom is 0.251 e. The molecule has 1 aromatic carbocycles. The van der Waals surface area contributed by atoms with E-state index in [1.807, 2.05) is 0 Å². The summed E-state index contributed by atoms with van der Waals surface area (Å²) in [5.41, 5.74) is 6.24. The third kappa shape index (κ3) is 4.84. The summed E-state index contributed by atoms with van der Waals surface area (Å²) >= 11 is 0. The van der Waals surface area contributed by atoms with Gasteiger partial charge in [0.25, 0.3) is 5.91 Å². The van der Waals surface area contributed by atoms with E-state index in [4.69, 9.17) is 15.6 Å². The predicted molar refractivity (Wildman–Crippen MR) is 64.9 cm³/mol. The number of carbonyl (C=O) groups excluding carboxylic acids is 1. The fraction of sp³-hybridized carbons (Fsp3) is 0.417. The van der Waals surface area contributed by atoms with Crippen molar-refractivity contribution in [2.45, 2.75) is 12.5 Å². The van der Waals surface area contributed by atoms with Gasteiger partial charge in [0.05, 0.1) is 6.61 Å². The smallest absolute Gasteiger partial charge is 0.251 e. The number of phenolic OH excluding ortho intramolecular Hbond substituents is 1. The van der Waals surface area contributed by atoms with Gasteiger partial charge in [-0.25, -0.2) is 0 Å². The van der Waals surface area contributed by atoms with Gasteiger partial charge in [-0.05, 0) is 30.7 Å². The molecular formula is C12H18N2O3. The summed E-state index contributed by atoms with van der Waals surface area (Å²) < 4.78 is 4.89. The third-order valence-corrected chi connectivity index (χ3v) is 2.31. The van der Waals surface area contributed by atoms with Gasteiger partial charge in [-0.2, -0.15) is 0 Å². The Morgan fingerprint density at radius 3 is 2.71 bits per heavy atom. The number of hydrogen-bond donors (Lipinski definition) is 3. The second kappa shape index (κ2) is 6.88. The molecule has 0 aromatic heterocycles. The van der Waals surface area contributed by atoms with E-state index < -0.39 is 0 Å². The van der Waals surface area contributed by atoms with Crippen molar-refractivity contribution in [1.29, 1.82) is 0 Å². The minimum absolute atomic E-state index is 0.0693. The van der Waals surface area contributed by atoms with Crippen molar-refractivity contribution in [2.75, 3.05) is 20.3 Å². The van der Waals surface area contributed by atoms with Crippen LogP contribution in [0.25, 0.3) is 0 Å². The van der Waals surface area contributed by atoms with Crippen LogP contribution in [0.2, 0.25) is 0 Å². The molecule has 94 valence electrons. The Hall–Kier alpha value is -1.59. The fourth-order valence-electron chi connectivity index (χ4n) is 1.38. The molecule has 4 N–H and O–H groups in total. The lowest BCUT2D eigenvalue weighted by atomic mass is 10.2. The van der Waals surface area contributed by atoms with Gasteiger partial charge < -0.3 is 20.9 Å². The van der Waals surface area contributed by atoms with Gasteiger partial charge in [0.2, 0.25) is 0 Å². The van der Waals surface area contributed by atoms with Crippen LogP contribution in [-0.4, -0.2) is 37.3 Å². The molecule has 0 saturated carbocycles. The van der Waals surface area contributed by atoms with Crippen molar-refractivity contribution in [3.05, 3.63) is 29.8 Å². The number of hydrogen-bond acceptors (Lipinski definition) is 4. The van der Waals surface area contributed by atoms with Crippen molar-refractivity contribution >= 4 is 5.91 Å². The summed E-state index contributed by atoms with van der Waals surface area (Å²) in [6.45, 7) is 0.985. The average Bonchev–Trinajstić information content (AvgIpc) is 2.30. The number of methoxy groups -OCH3 is 1. The molecule has 0 bridgehead atoms. The molecule has 0 heterocycles. The summed E-state index contributed by atoms with van der Waals surface area (Å²) in [4.78, 5) is 11.6. The number of benzene rings is 1. The average molecular weight is 238 g/mol. The highest BCUT2D eigenvalue weighted by molar-refractivity contribution is 5.94. The van der Waals surface area contributed by atoms with Crippen LogP contribution in [-0.2, 0) is 4.74 Å². The molecule has 5 heteroatoms. The van der Waals surface area contributed by atoms with Crippen LogP contribution in [0.5, 0.6) is 5.75 Å². The van der Waals surface area contributed by atoms with E-state index in [0.717, 1.165) is 0 Å². The zero-order chi connectivity index (χ0) is 12.7. The van der Waals surface area contributed by atoms with Gasteiger partial charge in [-0.15, -0.1) is 0 Å². The number of ether oxygens (including phenoxy) is 1. The number of phenols is 1. The molecule has 1 rings (SSSR count). The SMILES string of the molecule is COCC(N)CCNC(=O)c1ccc(O)cc1. The van der Waals surface area contributed by atoms with E-state index in [-0.39, 0.29) is 17.7 Å². The van der Waals surface area contributed by atoms with Crippen molar-refractivity contribution in [2.24, 2.45) is 5.73 Å². The van der Waals surface area contributed by atoms with E-state index >= 15 is 0 Å². The fourth-order valence-corrected chi connectivity index (χ4v) is 1.38. The minimum Gasteiger partial charge on any atom is -0.508 e. The van der Waals surface area contributed by atoms with Crippen molar-refractivity contribution in [1.82, 2.24) is 5.32 Å². The number of carbonyl (C=O) groups is 1. The summed E-state index contributed by atoms with van der Waals surface area (Å²) in [7, 11) is 1.59. The maximum absolute atomic E-state index is 11.6. The van der Waals surface area contributed by atoms with E-state index in [0.29, 0.717) is 25.1 Å². The molecule has 0 aliphatic heterocycles. The molecule has 5 nitrogen and oxygen atoms in total. The summed E-state index contributed by atoms with van der Waals surface area (Å²) in [6, 6.07) is 6.02. The molecule has 1 aromatic rings. The van der Waals surface area contributed by atoms with Crippen LogP contribution in [0.3, 0.4) is 0 Å². The van der Waals surface area contributed by atoms with Gasteiger partial charge in [0.1, 0.15) is 5.75 Å². The van der Waals surface area contributed by atoms with Crippen LogP contribution >= 0.6 is 0 Å². The first-order valence-corrected chi connectivity index (χ1v) is 5.45. The maximum atomic E-state index is 11.6. The lowest BCUT2D eigenvalue weighted by molar-refractivity contribution is 0.0950. The zero-order valence-electron chi connectivity index (χ0n) is 9.85. The number of nitrogens with one attached hydrogen (secondary N) is 1. The Morgan fingerprint density at radius 1 is 1.47 bits per heavy atom. The van der Waals surface area contributed by atoms with Crippen molar-refractivity contribution in [3.63, 3.8) is 0 Å². The number of nitrogens with two attached hydrogens (primary N) is 1. The predicted octanol–water partition coefficient (Wildman–Crippen LogP) is 0.486. The van der Waals surface area contributed by atoms with Gasteiger partial charge in [-0.3, -0.25) is 4.79 Å². The Morgan fingerprint density at radius 2 is 2.12 bits per heavy atom. The molecule has 17 heavy (non-hydrogen) atoms. The van der Waals surface area contributed by atoms with Gasteiger partial charge in [0, 0.05) is 25.3 Å². The first-order chi connectivity index (χ1) is 8.13. The Balaban J connectivity index is 2.32. The Kier molecular flexibility index (Phi) is 5.45. The third-order valence-electron chi connectivity index (χ3n) is 2.31. The summed E-state index contributed by atoms with van der Waals surface area (Å²) in [5, 5.41) is 11.8. The molecule has 0 saturated heterocycles. The molecule has 1 unspecified atom stereocenters. The van der Waals surface area contributed by atoms with E-state index in [1.54, 1.807) is 19.2 Å². The molecule has 0 spiro atoms. The van der Waals surface area contributed by atoms with E-state index in [2.05, 4.69) is 5.32 Å². The number of rotatable bonds is 6. The van der Waals surface area contributed by atoms with Gasteiger partial charge in [0.15, 0.2) is 0 Å². The standard InChI is InChI=1S/C12H18N2O3/c1-17-8-10(13)6-7-14-12(16)9-2-4-11(15)5-3-9/h2-5,10,15H,6-8,13H2,1H3,(H,14,16). The van der Waals surface area contributed by atoms with Crippen LogP contribution in [0.1, 0.15) is 16.8 Å². The Labute approximate surface area is 101 Å². The van der Waals surface area contributed by atoms with E-state index in [1.165, 1.54) is 12.1 Å². The molecule has 0 aliphatic carbocycles. The Bertz CT molecular complexity index is 351. The summed E-state index contributed by atoms with van der Waals surface area (Å²) in [6.07, 6.45) is 0.664. The monoisotopic (exact) mass is 238 g/mol. The lowest BCUT2D eigenvalue weighted by Gasteiger charge is -2.10. The van der Waals surface area contributed by atoms with Crippen LogP contribution < -0.4 is 11.1 Å². The highest BCUT2D eigenvalue weighted by Gasteiger charge is 2.06. The van der Waals surface area contributed by atoms with Crippen LogP contribution in [0, 0.1) is 0 Å². The topological polar surface area (TPSA) is 84.6 Å². The molecule has 0 aliphatic rings. The molecule has 0 radical (unpaired) electrons. The van der Waals surface area contributed by atoms with Crippen LogP contribution in [0.4, 0.5) is 0 Å². The van der Waals surface area contributed by atoms with Gasteiger partial charge >= 0.3 is 0 Å². The van der Waals surface area contributed by atoms with E-state index in [9.17, 15) is 4.79 Å². The normalized spacial score (nSPS) is 12.1. The highest BCUT2D eigenvalue weighted by Crippen LogP contribution is 2.09. The largest absolute Gasteiger partial charge is 0.508 e. The van der Waals surface area contributed by atoms with Crippen LogP contribution in [0.15, 0.2) is 24.3 Å². The van der Waals surface area contributed by atoms with Crippen molar-refractivity contribution in [3.8, 4) is 5.75 Å². The quantitative estimate of drug-likeness (QED) is 0.673. The second-order valence-electron chi connectivity index (χ2n) is 3.81. The van der Waals surface area contributed by atoms with Crippen molar-refractivity contribution < 1.29 is 14.6 Å². The molecular weight excluding hydrogens is 220 g/mol. The molecule has 0 fully saturated rings. The molecule has 1 amide bonds.